The van der Waals surface area contributed by atoms with Crippen molar-refractivity contribution >= 4 is 11.8 Å². The monoisotopic (exact) mass is 243 g/mol. The molecular formula is C13H25NOS. The Morgan fingerprint density at radius 1 is 1.31 bits per heavy atom. The van der Waals surface area contributed by atoms with Gasteiger partial charge in [0.15, 0.2) is 0 Å². The van der Waals surface area contributed by atoms with Crippen molar-refractivity contribution in [3.05, 3.63) is 0 Å². The third kappa shape index (κ3) is 2.74. The Morgan fingerprint density at radius 2 is 2.00 bits per heavy atom. The van der Waals surface area contributed by atoms with Crippen molar-refractivity contribution in [3.8, 4) is 0 Å². The summed E-state index contributed by atoms with van der Waals surface area (Å²) >= 11 is 2.07. The number of thioether (sulfide) groups is 1. The zero-order valence-electron chi connectivity index (χ0n) is 10.6. The second-order valence-electron chi connectivity index (χ2n) is 5.61. The van der Waals surface area contributed by atoms with Gasteiger partial charge in [-0.3, -0.25) is 0 Å². The molecule has 0 radical (unpaired) electrons. The zero-order valence-corrected chi connectivity index (χ0v) is 11.4. The van der Waals surface area contributed by atoms with Crippen molar-refractivity contribution in [2.75, 3.05) is 18.1 Å². The minimum atomic E-state index is 0.220. The molecule has 1 spiro atoms. The highest BCUT2D eigenvalue weighted by Crippen LogP contribution is 2.42. The third-order valence-electron chi connectivity index (χ3n) is 4.51. The number of hydrogen-bond acceptors (Lipinski definition) is 3. The molecule has 0 amide bonds. The summed E-state index contributed by atoms with van der Waals surface area (Å²) in [6, 6.07) is 0.318. The van der Waals surface area contributed by atoms with Crippen LogP contribution in [0.25, 0.3) is 0 Å². The maximum atomic E-state index is 6.11. The Hall–Kier alpha value is 0.270. The van der Waals surface area contributed by atoms with E-state index < -0.39 is 0 Å². The van der Waals surface area contributed by atoms with Gasteiger partial charge in [0.2, 0.25) is 0 Å². The molecule has 0 saturated carbocycles. The van der Waals surface area contributed by atoms with Crippen LogP contribution in [0.5, 0.6) is 0 Å². The molecule has 0 aromatic rings. The second kappa shape index (κ2) is 5.28. The van der Waals surface area contributed by atoms with E-state index in [4.69, 9.17) is 10.5 Å². The van der Waals surface area contributed by atoms with Crippen molar-refractivity contribution in [3.63, 3.8) is 0 Å². The quantitative estimate of drug-likeness (QED) is 0.810. The number of nitrogens with two attached hydrogens (primary N) is 1. The summed E-state index contributed by atoms with van der Waals surface area (Å²) in [5, 5.41) is 0. The molecule has 2 saturated heterocycles. The smallest absolute Gasteiger partial charge is 0.0701 e. The van der Waals surface area contributed by atoms with Crippen LogP contribution < -0.4 is 5.73 Å². The van der Waals surface area contributed by atoms with Crippen LogP contribution in [0.4, 0.5) is 0 Å². The normalized spacial score (nSPS) is 33.6. The van der Waals surface area contributed by atoms with Crippen LogP contribution in [0.3, 0.4) is 0 Å². The third-order valence-corrected chi connectivity index (χ3v) is 5.49. The van der Waals surface area contributed by atoms with Gasteiger partial charge in [-0.1, -0.05) is 6.92 Å². The molecule has 0 aromatic heterocycles. The van der Waals surface area contributed by atoms with Gasteiger partial charge < -0.3 is 10.5 Å². The molecule has 2 N–H and O–H groups in total. The van der Waals surface area contributed by atoms with E-state index in [1.165, 1.54) is 37.2 Å². The van der Waals surface area contributed by atoms with Crippen molar-refractivity contribution in [2.45, 2.75) is 51.2 Å². The van der Waals surface area contributed by atoms with E-state index in [-0.39, 0.29) is 5.60 Å². The molecule has 3 heteroatoms. The van der Waals surface area contributed by atoms with Gasteiger partial charge in [0.05, 0.1) is 5.60 Å². The van der Waals surface area contributed by atoms with E-state index in [0.717, 1.165) is 12.5 Å². The van der Waals surface area contributed by atoms with E-state index in [1.807, 2.05) is 0 Å². The van der Waals surface area contributed by atoms with Gasteiger partial charge in [-0.25, -0.2) is 0 Å². The minimum Gasteiger partial charge on any atom is -0.375 e. The summed E-state index contributed by atoms with van der Waals surface area (Å²) < 4.78 is 6.11. The van der Waals surface area contributed by atoms with Crippen LogP contribution >= 0.6 is 11.8 Å². The predicted molar refractivity (Wildman–Crippen MR) is 70.8 cm³/mol. The first-order valence-electron chi connectivity index (χ1n) is 6.60. The molecular weight excluding hydrogens is 218 g/mol. The van der Waals surface area contributed by atoms with Gasteiger partial charge in [-0.05, 0) is 55.9 Å². The molecule has 0 aliphatic carbocycles. The Morgan fingerprint density at radius 3 is 2.62 bits per heavy atom. The second-order valence-corrected chi connectivity index (χ2v) is 6.84. The van der Waals surface area contributed by atoms with Crippen molar-refractivity contribution in [1.29, 1.82) is 0 Å². The van der Waals surface area contributed by atoms with Crippen LogP contribution in [-0.4, -0.2) is 29.8 Å². The van der Waals surface area contributed by atoms with E-state index in [2.05, 4.69) is 25.6 Å². The Balaban J connectivity index is 1.97. The van der Waals surface area contributed by atoms with E-state index in [0.29, 0.717) is 12.0 Å². The number of hydrogen-bond donors (Lipinski definition) is 1. The summed E-state index contributed by atoms with van der Waals surface area (Å²) in [5.74, 6) is 3.96. The highest BCUT2D eigenvalue weighted by molar-refractivity contribution is 7.99. The lowest BCUT2D eigenvalue weighted by Gasteiger charge is -2.45. The van der Waals surface area contributed by atoms with E-state index in [9.17, 15) is 0 Å². The van der Waals surface area contributed by atoms with Gasteiger partial charge in [-0.2, -0.15) is 11.8 Å². The largest absolute Gasteiger partial charge is 0.375 e. The van der Waals surface area contributed by atoms with E-state index in [1.54, 1.807) is 0 Å². The van der Waals surface area contributed by atoms with Crippen molar-refractivity contribution < 1.29 is 4.74 Å². The predicted octanol–water partition coefficient (Wildman–Crippen LogP) is 2.66. The van der Waals surface area contributed by atoms with E-state index >= 15 is 0 Å². The van der Waals surface area contributed by atoms with Gasteiger partial charge in [-0.15, -0.1) is 0 Å². The first kappa shape index (κ1) is 12.7. The summed E-state index contributed by atoms with van der Waals surface area (Å²) in [6.45, 7) is 5.40. The van der Waals surface area contributed by atoms with Crippen LogP contribution in [0.1, 0.15) is 39.5 Å². The molecule has 16 heavy (non-hydrogen) atoms. The molecule has 2 rings (SSSR count). The molecule has 3 unspecified atom stereocenters. The summed E-state index contributed by atoms with van der Waals surface area (Å²) in [5.41, 5.74) is 6.26. The molecule has 2 nitrogen and oxygen atoms in total. The molecule has 2 fully saturated rings. The highest BCUT2D eigenvalue weighted by atomic mass is 32.2. The standard InChI is InChI=1S/C13H25NOS/c1-10(11(2)14)12-3-6-15-13(9-12)4-7-16-8-5-13/h10-12H,3-9,14H2,1-2H3. The van der Waals surface area contributed by atoms with Crippen LogP contribution in [-0.2, 0) is 4.74 Å². The maximum Gasteiger partial charge on any atom is 0.0701 e. The first-order valence-corrected chi connectivity index (χ1v) is 7.76. The Bertz CT molecular complexity index is 220. The van der Waals surface area contributed by atoms with Gasteiger partial charge in [0.1, 0.15) is 0 Å². The highest BCUT2D eigenvalue weighted by Gasteiger charge is 2.40. The van der Waals surface area contributed by atoms with Gasteiger partial charge >= 0.3 is 0 Å². The molecule has 2 aliphatic heterocycles. The lowest BCUT2D eigenvalue weighted by atomic mass is 9.75. The Kier molecular flexibility index (Phi) is 4.20. The fourth-order valence-electron chi connectivity index (χ4n) is 3.04. The fourth-order valence-corrected chi connectivity index (χ4v) is 4.27. The van der Waals surface area contributed by atoms with Crippen molar-refractivity contribution in [1.82, 2.24) is 0 Å². The fraction of sp³-hybridized carbons (Fsp3) is 1.00. The summed E-state index contributed by atoms with van der Waals surface area (Å²) in [7, 11) is 0. The molecule has 0 aromatic carbocycles. The SMILES string of the molecule is CC(N)C(C)C1CCOC2(CCSCC2)C1. The lowest BCUT2D eigenvalue weighted by Crippen LogP contribution is -2.46. The Labute approximate surface area is 104 Å². The molecule has 2 aliphatic rings. The molecule has 0 bridgehead atoms. The molecule has 3 atom stereocenters. The van der Waals surface area contributed by atoms with Crippen LogP contribution in [0.2, 0.25) is 0 Å². The average molecular weight is 243 g/mol. The van der Waals surface area contributed by atoms with Crippen LogP contribution in [0.15, 0.2) is 0 Å². The topological polar surface area (TPSA) is 35.2 Å². The lowest BCUT2D eigenvalue weighted by molar-refractivity contribution is -0.110. The zero-order chi connectivity index (χ0) is 11.6. The molecule has 2 heterocycles. The minimum absolute atomic E-state index is 0.220. The maximum absolute atomic E-state index is 6.11. The van der Waals surface area contributed by atoms with Gasteiger partial charge in [0.25, 0.3) is 0 Å². The molecule has 94 valence electrons. The summed E-state index contributed by atoms with van der Waals surface area (Å²) in [6.07, 6.45) is 4.95. The summed E-state index contributed by atoms with van der Waals surface area (Å²) in [4.78, 5) is 0. The van der Waals surface area contributed by atoms with Crippen molar-refractivity contribution in [2.24, 2.45) is 17.6 Å². The number of rotatable bonds is 2. The average Bonchev–Trinajstić information content (AvgIpc) is 2.29. The number of ether oxygens (including phenoxy) is 1. The first-order chi connectivity index (χ1) is 7.63. The van der Waals surface area contributed by atoms with Crippen LogP contribution in [0, 0.1) is 11.8 Å². The van der Waals surface area contributed by atoms with Gasteiger partial charge in [0, 0.05) is 12.6 Å².